The number of nitrogens with zero attached hydrogens (tertiary/aromatic N) is 1. The maximum atomic E-state index is 12.2. The lowest BCUT2D eigenvalue weighted by atomic mass is 9.96. The normalized spacial score (nSPS) is 17.5. The van der Waals surface area contributed by atoms with Gasteiger partial charge in [0.2, 0.25) is 0 Å². The molecule has 0 aromatic carbocycles. The molecular weight excluding hydrogens is 262 g/mol. The van der Waals surface area contributed by atoms with E-state index in [1.165, 1.54) is 6.42 Å². The molecule has 106 valence electrons. The van der Waals surface area contributed by atoms with E-state index in [-0.39, 0.29) is 11.1 Å². The molecular formula is C13H21N3O2S. The van der Waals surface area contributed by atoms with Gasteiger partial charge in [-0.15, -0.1) is 0 Å². The summed E-state index contributed by atoms with van der Waals surface area (Å²) >= 11 is 0. The molecule has 0 aliphatic heterocycles. The molecule has 1 aromatic rings. The highest BCUT2D eigenvalue weighted by atomic mass is 32.2. The number of aromatic nitrogens is 1. The zero-order valence-electron chi connectivity index (χ0n) is 11.2. The minimum atomic E-state index is -3.47. The van der Waals surface area contributed by atoms with Crippen molar-refractivity contribution in [1.82, 2.24) is 15.0 Å². The summed E-state index contributed by atoms with van der Waals surface area (Å²) in [6.07, 6.45) is 6.86. The molecule has 0 saturated heterocycles. The van der Waals surface area contributed by atoms with Gasteiger partial charge in [-0.1, -0.05) is 25.3 Å². The average Bonchev–Trinajstić information content (AvgIpc) is 2.40. The Morgan fingerprint density at radius 2 is 2.00 bits per heavy atom. The molecule has 1 saturated carbocycles. The fraction of sp³-hybridized carbons (Fsp3) is 0.615. The van der Waals surface area contributed by atoms with Gasteiger partial charge in [-0.2, -0.15) is 0 Å². The molecule has 1 aliphatic rings. The Labute approximate surface area is 114 Å². The second-order valence-corrected chi connectivity index (χ2v) is 6.65. The van der Waals surface area contributed by atoms with Gasteiger partial charge in [0, 0.05) is 18.8 Å². The molecule has 0 amide bonds. The van der Waals surface area contributed by atoms with E-state index in [9.17, 15) is 8.42 Å². The Hall–Kier alpha value is -0.980. The topological polar surface area (TPSA) is 71.1 Å². The van der Waals surface area contributed by atoms with Crippen molar-refractivity contribution in [3.63, 3.8) is 0 Å². The van der Waals surface area contributed by atoms with Crippen LogP contribution in [-0.2, 0) is 16.6 Å². The van der Waals surface area contributed by atoms with E-state index in [1.807, 2.05) is 7.05 Å². The summed E-state index contributed by atoms with van der Waals surface area (Å²) in [6.45, 7) is 0.684. The van der Waals surface area contributed by atoms with E-state index in [0.29, 0.717) is 6.54 Å². The molecule has 0 unspecified atom stereocenters. The van der Waals surface area contributed by atoms with Crippen molar-refractivity contribution < 1.29 is 8.42 Å². The lowest BCUT2D eigenvalue weighted by Gasteiger charge is -2.22. The van der Waals surface area contributed by atoms with Gasteiger partial charge in [-0.05, 0) is 31.5 Å². The van der Waals surface area contributed by atoms with Gasteiger partial charge in [-0.25, -0.2) is 18.1 Å². The van der Waals surface area contributed by atoms with Crippen molar-refractivity contribution in [2.75, 3.05) is 7.05 Å². The lowest BCUT2D eigenvalue weighted by Crippen LogP contribution is -2.36. The van der Waals surface area contributed by atoms with E-state index >= 15 is 0 Å². The number of nitrogens with one attached hydrogen (secondary N) is 2. The van der Waals surface area contributed by atoms with Crippen LogP contribution in [0.25, 0.3) is 0 Å². The first-order valence-corrected chi connectivity index (χ1v) is 8.22. The van der Waals surface area contributed by atoms with Gasteiger partial charge in [0.1, 0.15) is 0 Å². The van der Waals surface area contributed by atoms with Crippen LogP contribution in [0, 0.1) is 0 Å². The first-order chi connectivity index (χ1) is 9.12. The minimum absolute atomic E-state index is 0.0672. The third-order valence-electron chi connectivity index (χ3n) is 3.38. The van der Waals surface area contributed by atoms with Crippen LogP contribution in [0.4, 0.5) is 0 Å². The van der Waals surface area contributed by atoms with Gasteiger partial charge < -0.3 is 5.32 Å². The highest BCUT2D eigenvalue weighted by molar-refractivity contribution is 7.89. The Kier molecular flexibility index (Phi) is 4.90. The zero-order chi connectivity index (χ0) is 13.7. The average molecular weight is 283 g/mol. The second kappa shape index (κ2) is 6.45. The molecule has 0 spiro atoms. The number of hydrogen-bond acceptors (Lipinski definition) is 4. The number of pyridine rings is 1. The van der Waals surface area contributed by atoms with Crippen LogP contribution in [0.3, 0.4) is 0 Å². The molecule has 1 fully saturated rings. The van der Waals surface area contributed by atoms with Crippen LogP contribution in [0.5, 0.6) is 0 Å². The van der Waals surface area contributed by atoms with Gasteiger partial charge in [0.05, 0.1) is 0 Å². The Morgan fingerprint density at radius 1 is 1.26 bits per heavy atom. The van der Waals surface area contributed by atoms with Crippen LogP contribution in [0.2, 0.25) is 0 Å². The standard InChI is InChI=1S/C13H21N3O2S/c1-14-9-11-7-8-13(15-10-11)19(17,18)16-12-5-3-2-4-6-12/h7-8,10,12,14,16H,2-6,9H2,1H3. The van der Waals surface area contributed by atoms with Crippen molar-refractivity contribution in [3.8, 4) is 0 Å². The van der Waals surface area contributed by atoms with Crippen LogP contribution in [0.15, 0.2) is 23.4 Å². The molecule has 5 nitrogen and oxygen atoms in total. The molecule has 0 radical (unpaired) electrons. The second-order valence-electron chi connectivity index (χ2n) is 4.99. The van der Waals surface area contributed by atoms with Crippen LogP contribution in [-0.4, -0.2) is 26.5 Å². The van der Waals surface area contributed by atoms with Crippen LogP contribution >= 0.6 is 0 Å². The SMILES string of the molecule is CNCc1ccc(S(=O)(=O)NC2CCCCC2)nc1. The quantitative estimate of drug-likeness (QED) is 0.857. The molecule has 1 aromatic heterocycles. The predicted octanol–water partition coefficient (Wildman–Crippen LogP) is 1.41. The molecule has 1 aliphatic carbocycles. The van der Waals surface area contributed by atoms with Crippen molar-refractivity contribution in [3.05, 3.63) is 23.9 Å². The lowest BCUT2D eigenvalue weighted by molar-refractivity contribution is 0.411. The number of sulfonamides is 1. The summed E-state index contributed by atoms with van der Waals surface area (Å²) in [4.78, 5) is 4.04. The van der Waals surface area contributed by atoms with E-state index in [4.69, 9.17) is 0 Å². The summed E-state index contributed by atoms with van der Waals surface area (Å²) in [7, 11) is -1.63. The van der Waals surface area contributed by atoms with Crippen molar-refractivity contribution in [1.29, 1.82) is 0 Å². The molecule has 19 heavy (non-hydrogen) atoms. The first kappa shape index (κ1) is 14.4. The maximum absolute atomic E-state index is 12.2. The smallest absolute Gasteiger partial charge is 0.258 e. The van der Waals surface area contributed by atoms with Gasteiger partial charge in [0.15, 0.2) is 5.03 Å². The third-order valence-corrected chi connectivity index (χ3v) is 4.82. The zero-order valence-corrected chi connectivity index (χ0v) is 12.0. The number of hydrogen-bond donors (Lipinski definition) is 2. The van der Waals surface area contributed by atoms with E-state index < -0.39 is 10.0 Å². The van der Waals surface area contributed by atoms with Crippen LogP contribution in [0.1, 0.15) is 37.7 Å². The maximum Gasteiger partial charge on any atom is 0.258 e. The molecule has 2 rings (SSSR count). The monoisotopic (exact) mass is 283 g/mol. The van der Waals surface area contributed by atoms with E-state index in [0.717, 1.165) is 31.2 Å². The van der Waals surface area contributed by atoms with Crippen molar-refractivity contribution in [2.24, 2.45) is 0 Å². The fourth-order valence-corrected chi connectivity index (χ4v) is 3.61. The Bertz CT molecular complexity index is 493. The van der Waals surface area contributed by atoms with Gasteiger partial charge in [-0.3, -0.25) is 0 Å². The molecule has 6 heteroatoms. The summed E-state index contributed by atoms with van der Waals surface area (Å²) in [5.41, 5.74) is 0.971. The Balaban J connectivity index is 2.05. The fourth-order valence-electron chi connectivity index (χ4n) is 2.38. The summed E-state index contributed by atoms with van der Waals surface area (Å²) in [5.74, 6) is 0. The molecule has 0 bridgehead atoms. The largest absolute Gasteiger partial charge is 0.316 e. The highest BCUT2D eigenvalue weighted by Crippen LogP contribution is 2.19. The predicted molar refractivity (Wildman–Crippen MR) is 74.2 cm³/mol. The minimum Gasteiger partial charge on any atom is -0.316 e. The van der Waals surface area contributed by atoms with Crippen LogP contribution < -0.4 is 10.0 Å². The summed E-state index contributed by atoms with van der Waals surface area (Å²) in [5, 5.41) is 3.11. The summed E-state index contributed by atoms with van der Waals surface area (Å²) in [6, 6.07) is 3.43. The molecule has 2 N–H and O–H groups in total. The van der Waals surface area contributed by atoms with Gasteiger partial charge in [0.25, 0.3) is 10.0 Å². The Morgan fingerprint density at radius 3 is 2.58 bits per heavy atom. The first-order valence-electron chi connectivity index (χ1n) is 6.74. The molecule has 1 heterocycles. The molecule has 0 atom stereocenters. The summed E-state index contributed by atoms with van der Waals surface area (Å²) < 4.78 is 27.1. The van der Waals surface area contributed by atoms with Crippen molar-refractivity contribution >= 4 is 10.0 Å². The van der Waals surface area contributed by atoms with Gasteiger partial charge >= 0.3 is 0 Å². The highest BCUT2D eigenvalue weighted by Gasteiger charge is 2.22. The number of rotatable bonds is 5. The van der Waals surface area contributed by atoms with Crippen molar-refractivity contribution in [2.45, 2.75) is 49.7 Å². The third kappa shape index (κ3) is 3.99. The van der Waals surface area contributed by atoms with E-state index in [2.05, 4.69) is 15.0 Å². The van der Waals surface area contributed by atoms with E-state index in [1.54, 1.807) is 18.3 Å².